The number of rotatable bonds is 5. The van der Waals surface area contributed by atoms with Crippen molar-refractivity contribution in [2.75, 3.05) is 12.4 Å². The van der Waals surface area contributed by atoms with Gasteiger partial charge in [-0.25, -0.2) is 0 Å². The maximum atomic E-state index is 5.41. The smallest absolute Gasteiger partial charge is 0.122 e. The number of hydrogen-bond donors (Lipinski definition) is 1. The van der Waals surface area contributed by atoms with E-state index < -0.39 is 0 Å². The Morgan fingerprint density at radius 1 is 1.10 bits per heavy atom. The van der Waals surface area contributed by atoms with Crippen LogP contribution in [-0.2, 0) is 6.42 Å². The predicted octanol–water partition coefficient (Wildman–Crippen LogP) is 4.36. The van der Waals surface area contributed by atoms with Crippen molar-refractivity contribution in [1.82, 2.24) is 0 Å². The van der Waals surface area contributed by atoms with Crippen LogP contribution >= 0.6 is 0 Å². The Balaban J connectivity index is 2.07. The molecule has 2 aromatic carbocycles. The standard InChI is InChI=1S/C18H23NO/c1-13-9-10-17(14(2)11-13)19-15(3)12-16-7-5-6-8-18(16)20-4/h5-11,15,19H,12H2,1-4H3. The third-order valence-electron chi connectivity index (χ3n) is 3.50. The van der Waals surface area contributed by atoms with Gasteiger partial charge in [-0.1, -0.05) is 35.9 Å². The van der Waals surface area contributed by atoms with Gasteiger partial charge >= 0.3 is 0 Å². The minimum absolute atomic E-state index is 0.354. The maximum absolute atomic E-state index is 5.41. The zero-order chi connectivity index (χ0) is 14.5. The topological polar surface area (TPSA) is 21.3 Å². The highest BCUT2D eigenvalue weighted by Gasteiger charge is 2.09. The number of hydrogen-bond acceptors (Lipinski definition) is 2. The van der Waals surface area contributed by atoms with Gasteiger partial charge in [-0.2, -0.15) is 0 Å². The zero-order valence-electron chi connectivity index (χ0n) is 12.7. The zero-order valence-corrected chi connectivity index (χ0v) is 12.7. The van der Waals surface area contributed by atoms with Gasteiger partial charge in [0.2, 0.25) is 0 Å². The van der Waals surface area contributed by atoms with Gasteiger partial charge in [0.1, 0.15) is 5.75 Å². The Morgan fingerprint density at radius 2 is 1.85 bits per heavy atom. The van der Waals surface area contributed by atoms with Crippen LogP contribution in [0, 0.1) is 13.8 Å². The SMILES string of the molecule is COc1ccccc1CC(C)Nc1ccc(C)cc1C. The molecule has 0 aromatic heterocycles. The molecule has 2 nitrogen and oxygen atoms in total. The van der Waals surface area contributed by atoms with Crippen LogP contribution in [0.5, 0.6) is 5.75 Å². The summed E-state index contributed by atoms with van der Waals surface area (Å²) in [6.07, 6.45) is 0.942. The van der Waals surface area contributed by atoms with Crippen molar-refractivity contribution in [2.24, 2.45) is 0 Å². The summed E-state index contributed by atoms with van der Waals surface area (Å²) in [6, 6.07) is 15.1. The average Bonchev–Trinajstić information content (AvgIpc) is 2.42. The van der Waals surface area contributed by atoms with Gasteiger partial charge < -0.3 is 10.1 Å². The molecular weight excluding hydrogens is 246 g/mol. The quantitative estimate of drug-likeness (QED) is 0.871. The maximum Gasteiger partial charge on any atom is 0.122 e. The van der Waals surface area contributed by atoms with Crippen LogP contribution in [0.3, 0.4) is 0 Å². The summed E-state index contributed by atoms with van der Waals surface area (Å²) in [5.41, 5.74) is 5.03. The second-order valence-electron chi connectivity index (χ2n) is 5.38. The van der Waals surface area contributed by atoms with Crippen molar-refractivity contribution in [3.8, 4) is 5.75 Å². The van der Waals surface area contributed by atoms with Crippen LogP contribution < -0.4 is 10.1 Å². The number of ether oxygens (including phenoxy) is 1. The van der Waals surface area contributed by atoms with Gasteiger partial charge in [-0.3, -0.25) is 0 Å². The summed E-state index contributed by atoms with van der Waals surface area (Å²) < 4.78 is 5.41. The molecule has 2 aromatic rings. The highest BCUT2D eigenvalue weighted by molar-refractivity contribution is 5.52. The second kappa shape index (κ2) is 6.47. The lowest BCUT2D eigenvalue weighted by Gasteiger charge is -2.18. The second-order valence-corrected chi connectivity index (χ2v) is 5.38. The van der Waals surface area contributed by atoms with E-state index in [2.05, 4.69) is 56.4 Å². The Hall–Kier alpha value is -1.96. The highest BCUT2D eigenvalue weighted by atomic mass is 16.5. The van der Waals surface area contributed by atoms with Crippen LogP contribution in [-0.4, -0.2) is 13.2 Å². The molecule has 2 rings (SSSR count). The van der Waals surface area contributed by atoms with Crippen LogP contribution in [0.15, 0.2) is 42.5 Å². The molecule has 0 saturated heterocycles. The minimum atomic E-state index is 0.354. The molecule has 0 spiro atoms. The molecule has 0 bridgehead atoms. The third-order valence-corrected chi connectivity index (χ3v) is 3.50. The van der Waals surface area contributed by atoms with E-state index in [1.165, 1.54) is 22.4 Å². The first-order valence-electron chi connectivity index (χ1n) is 7.06. The molecule has 0 heterocycles. The van der Waals surface area contributed by atoms with Crippen molar-refractivity contribution in [2.45, 2.75) is 33.2 Å². The molecule has 0 aliphatic rings. The molecular formula is C18H23NO. The lowest BCUT2D eigenvalue weighted by atomic mass is 10.0. The van der Waals surface area contributed by atoms with Crippen LogP contribution in [0.1, 0.15) is 23.6 Å². The molecule has 1 N–H and O–H groups in total. The summed E-state index contributed by atoms with van der Waals surface area (Å²) in [5, 5.41) is 3.58. The normalized spacial score (nSPS) is 12.0. The van der Waals surface area contributed by atoms with Gasteiger partial charge in [0.25, 0.3) is 0 Å². The lowest BCUT2D eigenvalue weighted by Crippen LogP contribution is -2.19. The Bertz CT molecular complexity index is 577. The number of para-hydroxylation sites is 1. The molecule has 2 heteroatoms. The monoisotopic (exact) mass is 269 g/mol. The molecule has 0 aliphatic heterocycles. The van der Waals surface area contributed by atoms with Crippen molar-refractivity contribution >= 4 is 5.69 Å². The first kappa shape index (κ1) is 14.4. The molecule has 0 saturated carbocycles. The van der Waals surface area contributed by atoms with Gasteiger partial charge in [0.15, 0.2) is 0 Å². The molecule has 0 aliphatic carbocycles. The van der Waals surface area contributed by atoms with E-state index in [-0.39, 0.29) is 0 Å². The summed E-state index contributed by atoms with van der Waals surface area (Å²) in [4.78, 5) is 0. The highest BCUT2D eigenvalue weighted by Crippen LogP contribution is 2.22. The van der Waals surface area contributed by atoms with E-state index in [4.69, 9.17) is 4.74 Å². The van der Waals surface area contributed by atoms with E-state index in [0.717, 1.165) is 12.2 Å². The van der Waals surface area contributed by atoms with Gasteiger partial charge in [0, 0.05) is 11.7 Å². The fourth-order valence-corrected chi connectivity index (χ4v) is 2.49. The van der Waals surface area contributed by atoms with E-state index in [0.29, 0.717) is 6.04 Å². The Labute approximate surface area is 121 Å². The fraction of sp³-hybridized carbons (Fsp3) is 0.333. The number of aryl methyl sites for hydroxylation is 2. The summed E-state index contributed by atoms with van der Waals surface area (Å²) in [6.45, 7) is 6.46. The lowest BCUT2D eigenvalue weighted by molar-refractivity contribution is 0.409. The van der Waals surface area contributed by atoms with E-state index >= 15 is 0 Å². The Kier molecular flexibility index (Phi) is 4.67. The van der Waals surface area contributed by atoms with Crippen LogP contribution in [0.2, 0.25) is 0 Å². The first-order chi connectivity index (χ1) is 9.60. The molecule has 0 radical (unpaired) electrons. The largest absolute Gasteiger partial charge is 0.496 e. The van der Waals surface area contributed by atoms with Crippen molar-refractivity contribution < 1.29 is 4.74 Å². The molecule has 1 unspecified atom stereocenters. The van der Waals surface area contributed by atoms with E-state index in [1.807, 2.05) is 12.1 Å². The van der Waals surface area contributed by atoms with Gasteiger partial charge in [-0.05, 0) is 50.5 Å². The molecule has 1 atom stereocenters. The van der Waals surface area contributed by atoms with Crippen molar-refractivity contribution in [1.29, 1.82) is 0 Å². The molecule has 106 valence electrons. The van der Waals surface area contributed by atoms with Crippen molar-refractivity contribution in [3.63, 3.8) is 0 Å². The summed E-state index contributed by atoms with van der Waals surface area (Å²) in [7, 11) is 1.72. The van der Waals surface area contributed by atoms with Gasteiger partial charge in [0.05, 0.1) is 7.11 Å². The van der Waals surface area contributed by atoms with Gasteiger partial charge in [-0.15, -0.1) is 0 Å². The third kappa shape index (κ3) is 3.53. The minimum Gasteiger partial charge on any atom is -0.496 e. The molecule has 20 heavy (non-hydrogen) atoms. The summed E-state index contributed by atoms with van der Waals surface area (Å²) >= 11 is 0. The number of benzene rings is 2. The predicted molar refractivity (Wildman–Crippen MR) is 85.7 cm³/mol. The average molecular weight is 269 g/mol. The fourth-order valence-electron chi connectivity index (χ4n) is 2.49. The number of anilines is 1. The van der Waals surface area contributed by atoms with E-state index in [9.17, 15) is 0 Å². The van der Waals surface area contributed by atoms with Crippen LogP contribution in [0.25, 0.3) is 0 Å². The van der Waals surface area contributed by atoms with Crippen molar-refractivity contribution in [3.05, 3.63) is 59.2 Å². The van der Waals surface area contributed by atoms with E-state index in [1.54, 1.807) is 7.11 Å². The number of nitrogens with one attached hydrogen (secondary N) is 1. The Morgan fingerprint density at radius 3 is 2.55 bits per heavy atom. The number of methoxy groups -OCH3 is 1. The molecule has 0 fully saturated rings. The summed E-state index contributed by atoms with van der Waals surface area (Å²) in [5.74, 6) is 0.960. The molecule has 0 amide bonds. The first-order valence-corrected chi connectivity index (χ1v) is 7.06. The van der Waals surface area contributed by atoms with Crippen LogP contribution in [0.4, 0.5) is 5.69 Å².